The zero-order valence-corrected chi connectivity index (χ0v) is 14.2. The number of aromatic nitrogens is 2. The van der Waals surface area contributed by atoms with Crippen LogP contribution in [0.5, 0.6) is 5.75 Å². The highest BCUT2D eigenvalue weighted by Gasteiger charge is 2.12. The van der Waals surface area contributed by atoms with Gasteiger partial charge in [0.2, 0.25) is 11.8 Å². The first-order valence-corrected chi connectivity index (χ1v) is 8.07. The predicted octanol–water partition coefficient (Wildman–Crippen LogP) is 3.43. The minimum Gasteiger partial charge on any atom is -0.434 e. The van der Waals surface area contributed by atoms with E-state index >= 15 is 0 Å². The first kappa shape index (κ1) is 18.8. The quantitative estimate of drug-likeness (QED) is 0.747. The van der Waals surface area contributed by atoms with Gasteiger partial charge in [-0.1, -0.05) is 37.2 Å². The lowest BCUT2D eigenvalue weighted by Gasteiger charge is -2.11. The topological polar surface area (TPSA) is 77.2 Å². The maximum Gasteiger partial charge on any atom is 0.387 e. The number of alkyl halides is 2. The third-order valence-electron chi connectivity index (χ3n) is 3.46. The monoisotopic (exact) mass is 353 g/mol. The molecule has 1 amide bonds. The van der Waals surface area contributed by atoms with Gasteiger partial charge >= 0.3 is 6.61 Å². The summed E-state index contributed by atoms with van der Waals surface area (Å²) in [4.78, 5) is 16.1. The molecular formula is C17H21F2N3O3. The molecular weight excluding hydrogens is 332 g/mol. The van der Waals surface area contributed by atoms with E-state index in [0.717, 1.165) is 0 Å². The van der Waals surface area contributed by atoms with Crippen molar-refractivity contribution in [1.82, 2.24) is 15.5 Å². The van der Waals surface area contributed by atoms with E-state index in [1.807, 2.05) is 13.8 Å². The lowest BCUT2D eigenvalue weighted by molar-refractivity contribution is -0.121. The average molecular weight is 353 g/mol. The van der Waals surface area contributed by atoms with E-state index in [1.165, 1.54) is 6.07 Å². The van der Waals surface area contributed by atoms with E-state index in [2.05, 4.69) is 20.2 Å². The van der Waals surface area contributed by atoms with Crippen LogP contribution in [0.15, 0.2) is 28.8 Å². The van der Waals surface area contributed by atoms with Gasteiger partial charge in [-0.3, -0.25) is 4.79 Å². The number of hydrogen-bond donors (Lipinski definition) is 1. The molecule has 2 aromatic rings. The fourth-order valence-electron chi connectivity index (χ4n) is 2.15. The Morgan fingerprint density at radius 3 is 2.76 bits per heavy atom. The number of carbonyl (C=O) groups is 1. The fraction of sp³-hybridized carbons (Fsp3) is 0.471. The van der Waals surface area contributed by atoms with E-state index in [4.69, 9.17) is 4.52 Å². The molecule has 0 radical (unpaired) electrons. The van der Waals surface area contributed by atoms with Crippen LogP contribution in [-0.2, 0) is 17.8 Å². The normalized spacial score (nSPS) is 11.1. The summed E-state index contributed by atoms with van der Waals surface area (Å²) in [5.41, 5.74) is 0.495. The molecule has 0 unspecified atom stereocenters. The third kappa shape index (κ3) is 6.13. The molecule has 6 nitrogen and oxygen atoms in total. The number of aryl methyl sites for hydroxylation is 1. The molecule has 0 aliphatic carbocycles. The Labute approximate surface area is 144 Å². The van der Waals surface area contributed by atoms with Crippen molar-refractivity contribution in [2.24, 2.45) is 0 Å². The Hall–Kier alpha value is -2.51. The summed E-state index contributed by atoms with van der Waals surface area (Å²) < 4.78 is 34.2. The second kappa shape index (κ2) is 9.10. The predicted molar refractivity (Wildman–Crippen MR) is 86.2 cm³/mol. The number of nitrogens with zero attached hydrogens (tertiary/aromatic N) is 2. The van der Waals surface area contributed by atoms with Crippen LogP contribution in [0, 0.1) is 0 Å². The van der Waals surface area contributed by atoms with Gasteiger partial charge in [-0.25, -0.2) is 0 Å². The van der Waals surface area contributed by atoms with Gasteiger partial charge in [0.25, 0.3) is 0 Å². The Balaban J connectivity index is 1.75. The van der Waals surface area contributed by atoms with Crippen LogP contribution in [0.3, 0.4) is 0 Å². The van der Waals surface area contributed by atoms with Crippen molar-refractivity contribution >= 4 is 5.91 Å². The molecule has 25 heavy (non-hydrogen) atoms. The second-order valence-corrected chi connectivity index (χ2v) is 5.82. The Bertz CT molecular complexity index is 689. The van der Waals surface area contributed by atoms with Crippen LogP contribution in [-0.4, -0.2) is 22.7 Å². The third-order valence-corrected chi connectivity index (χ3v) is 3.46. The van der Waals surface area contributed by atoms with Crippen LogP contribution in [0.2, 0.25) is 0 Å². The number of nitrogens with one attached hydrogen (secondary N) is 1. The maximum absolute atomic E-state index is 12.3. The molecule has 1 aromatic heterocycles. The minimum absolute atomic E-state index is 0.0601. The standard InChI is InChI=1S/C17H21F2N3O3/c1-11(2)16-21-15(25-22-16)9-5-8-14(23)20-10-12-6-3-4-7-13(12)24-17(18)19/h3-4,6-7,11,17H,5,8-10H2,1-2H3,(H,20,23). The SMILES string of the molecule is CC(C)c1noc(CCCC(=O)NCc2ccccc2OC(F)F)n1. The minimum atomic E-state index is -2.90. The number of hydrogen-bond acceptors (Lipinski definition) is 5. The van der Waals surface area contributed by atoms with Crippen LogP contribution in [0.4, 0.5) is 8.78 Å². The van der Waals surface area contributed by atoms with Crippen molar-refractivity contribution in [3.8, 4) is 5.75 Å². The van der Waals surface area contributed by atoms with E-state index in [-0.39, 0.29) is 30.5 Å². The number of ether oxygens (including phenoxy) is 1. The van der Waals surface area contributed by atoms with E-state index in [1.54, 1.807) is 18.2 Å². The second-order valence-electron chi connectivity index (χ2n) is 5.82. The summed E-state index contributed by atoms with van der Waals surface area (Å²) in [6.07, 6.45) is 1.34. The molecule has 1 aromatic carbocycles. The van der Waals surface area contributed by atoms with E-state index in [0.29, 0.717) is 30.1 Å². The number of halogens is 2. The molecule has 1 heterocycles. The van der Waals surface area contributed by atoms with Crippen molar-refractivity contribution < 1.29 is 22.8 Å². The van der Waals surface area contributed by atoms with Gasteiger partial charge in [-0.05, 0) is 12.5 Å². The van der Waals surface area contributed by atoms with Gasteiger partial charge in [0.05, 0.1) is 0 Å². The zero-order chi connectivity index (χ0) is 18.2. The van der Waals surface area contributed by atoms with Crippen molar-refractivity contribution in [3.63, 3.8) is 0 Å². The van der Waals surface area contributed by atoms with Crippen molar-refractivity contribution in [3.05, 3.63) is 41.5 Å². The molecule has 0 saturated heterocycles. The van der Waals surface area contributed by atoms with E-state index in [9.17, 15) is 13.6 Å². The van der Waals surface area contributed by atoms with Gasteiger partial charge < -0.3 is 14.6 Å². The molecule has 0 atom stereocenters. The molecule has 136 valence electrons. The summed E-state index contributed by atoms with van der Waals surface area (Å²) in [6.45, 7) is 1.16. The number of amides is 1. The van der Waals surface area contributed by atoms with Crippen LogP contribution < -0.4 is 10.1 Å². The highest BCUT2D eigenvalue weighted by Crippen LogP contribution is 2.20. The smallest absolute Gasteiger partial charge is 0.387 e. The Kier molecular flexibility index (Phi) is 6.85. The number of benzene rings is 1. The summed E-state index contributed by atoms with van der Waals surface area (Å²) in [5, 5.41) is 6.55. The molecule has 2 rings (SSSR count). The van der Waals surface area contributed by atoms with E-state index < -0.39 is 6.61 Å². The lowest BCUT2D eigenvalue weighted by Crippen LogP contribution is -2.23. The summed E-state index contributed by atoms with van der Waals surface area (Å²) in [7, 11) is 0. The summed E-state index contributed by atoms with van der Waals surface area (Å²) in [5.74, 6) is 1.22. The first-order valence-electron chi connectivity index (χ1n) is 8.07. The highest BCUT2D eigenvalue weighted by atomic mass is 19.3. The van der Waals surface area contributed by atoms with Crippen molar-refractivity contribution in [2.45, 2.75) is 52.2 Å². The number of para-hydroxylation sites is 1. The largest absolute Gasteiger partial charge is 0.434 e. The van der Waals surface area contributed by atoms with Gasteiger partial charge in [-0.15, -0.1) is 0 Å². The zero-order valence-electron chi connectivity index (χ0n) is 14.2. The molecule has 0 aliphatic heterocycles. The average Bonchev–Trinajstić information content (AvgIpc) is 3.03. The Morgan fingerprint density at radius 2 is 2.08 bits per heavy atom. The molecule has 0 aliphatic rings. The number of rotatable bonds is 9. The van der Waals surface area contributed by atoms with Crippen LogP contribution in [0.1, 0.15) is 49.9 Å². The molecule has 0 spiro atoms. The maximum atomic E-state index is 12.3. The molecule has 0 fully saturated rings. The molecule has 0 saturated carbocycles. The molecule has 8 heteroatoms. The summed E-state index contributed by atoms with van der Waals surface area (Å²) >= 11 is 0. The van der Waals surface area contributed by atoms with Crippen LogP contribution in [0.25, 0.3) is 0 Å². The first-order chi connectivity index (χ1) is 12.0. The highest BCUT2D eigenvalue weighted by molar-refractivity contribution is 5.75. The Morgan fingerprint density at radius 1 is 1.32 bits per heavy atom. The number of carbonyl (C=O) groups excluding carboxylic acids is 1. The van der Waals surface area contributed by atoms with Crippen molar-refractivity contribution in [2.75, 3.05) is 0 Å². The molecule has 1 N–H and O–H groups in total. The van der Waals surface area contributed by atoms with Crippen molar-refractivity contribution in [1.29, 1.82) is 0 Å². The van der Waals surface area contributed by atoms with Gasteiger partial charge in [0.1, 0.15) is 5.75 Å². The summed E-state index contributed by atoms with van der Waals surface area (Å²) in [6, 6.07) is 6.36. The van der Waals surface area contributed by atoms with Gasteiger partial charge in [-0.2, -0.15) is 13.8 Å². The lowest BCUT2D eigenvalue weighted by atomic mass is 10.2. The van der Waals surface area contributed by atoms with Gasteiger partial charge in [0.15, 0.2) is 5.82 Å². The molecule has 0 bridgehead atoms. The van der Waals surface area contributed by atoms with Gasteiger partial charge in [0, 0.05) is 30.9 Å². The van der Waals surface area contributed by atoms with Crippen LogP contribution >= 0.6 is 0 Å². The fourth-order valence-corrected chi connectivity index (χ4v) is 2.15.